The molecule has 1 unspecified atom stereocenters. The molecule has 3 aromatic heterocycles. The number of esters is 1. The van der Waals surface area contributed by atoms with Gasteiger partial charge in [-0.25, -0.2) is 14.8 Å². The van der Waals surface area contributed by atoms with Crippen molar-refractivity contribution < 1.29 is 9.53 Å². The number of rotatable bonds is 10. The van der Waals surface area contributed by atoms with Gasteiger partial charge in [-0.15, -0.1) is 0 Å². The number of ether oxygens (including phenoxy) is 1. The fourth-order valence-corrected chi connectivity index (χ4v) is 6.97. The number of imidazole rings is 2. The standard InChI is InChI=1S/C33H42N6O4/c1-2-43-28(40)19-27(37-18-17-34-22-37)25-13-15-26(16-14-25)30-35-29-31(36-30)38(20-23-9-5-3-6-10-23)33(42)39(32(29)41)21-24-11-7-4-8-12-24/h13-18,22-24,27H,2-12,19-21H2,1H3,(H,35,36). The second kappa shape index (κ2) is 13.1. The van der Waals surface area contributed by atoms with Crippen molar-refractivity contribution in [2.75, 3.05) is 6.61 Å². The van der Waals surface area contributed by atoms with E-state index >= 15 is 0 Å². The number of fused-ring (bicyclic) bond motifs is 1. The monoisotopic (exact) mass is 586 g/mol. The Morgan fingerprint density at radius 3 is 2.21 bits per heavy atom. The number of carbonyl (C=O) groups excluding carboxylic acids is 1. The summed E-state index contributed by atoms with van der Waals surface area (Å²) in [5.41, 5.74) is 2.05. The van der Waals surface area contributed by atoms with E-state index in [-0.39, 0.29) is 29.7 Å². The molecular weight excluding hydrogens is 544 g/mol. The highest BCUT2D eigenvalue weighted by atomic mass is 16.5. The molecule has 3 heterocycles. The average Bonchev–Trinajstić information content (AvgIpc) is 3.73. The van der Waals surface area contributed by atoms with Crippen molar-refractivity contribution >= 4 is 17.1 Å². The SMILES string of the molecule is CCOC(=O)CC(c1ccc(-c2nc3c([nH]2)c(=O)n(CC2CCCCC2)c(=O)n3CC2CCCCC2)cc1)n1ccnc1. The maximum absolute atomic E-state index is 13.9. The molecule has 1 N–H and O–H groups in total. The minimum Gasteiger partial charge on any atom is -0.466 e. The van der Waals surface area contributed by atoms with Gasteiger partial charge in [0.2, 0.25) is 0 Å². The second-order valence-electron chi connectivity index (χ2n) is 12.3. The molecule has 2 aliphatic carbocycles. The molecule has 0 radical (unpaired) electrons. The number of hydrogen-bond donors (Lipinski definition) is 1. The summed E-state index contributed by atoms with van der Waals surface area (Å²) in [6, 6.07) is 7.53. The summed E-state index contributed by atoms with van der Waals surface area (Å²) in [7, 11) is 0. The van der Waals surface area contributed by atoms with Crippen molar-refractivity contribution in [3.63, 3.8) is 0 Å². The van der Waals surface area contributed by atoms with Gasteiger partial charge < -0.3 is 14.3 Å². The third-order valence-electron chi connectivity index (χ3n) is 9.31. The number of nitrogens with one attached hydrogen (secondary N) is 1. The normalized spacial score (nSPS) is 17.3. The van der Waals surface area contributed by atoms with Gasteiger partial charge in [-0.1, -0.05) is 62.8 Å². The molecule has 228 valence electrons. The fraction of sp³-hybridized carbons (Fsp3) is 0.545. The third-order valence-corrected chi connectivity index (χ3v) is 9.31. The molecule has 1 atom stereocenters. The Morgan fingerprint density at radius 2 is 1.60 bits per heavy atom. The Labute approximate surface area is 251 Å². The molecule has 6 rings (SSSR count). The number of benzene rings is 1. The highest BCUT2D eigenvalue weighted by Crippen LogP contribution is 2.29. The summed E-state index contributed by atoms with van der Waals surface area (Å²) in [6.07, 6.45) is 16.9. The Kier molecular flexibility index (Phi) is 8.90. The number of H-pyrrole nitrogens is 1. The molecule has 0 spiro atoms. The lowest BCUT2D eigenvalue weighted by molar-refractivity contribution is -0.143. The van der Waals surface area contributed by atoms with Gasteiger partial charge in [0.1, 0.15) is 11.3 Å². The van der Waals surface area contributed by atoms with Crippen molar-refractivity contribution in [3.8, 4) is 11.4 Å². The Bertz CT molecular complexity index is 1640. The van der Waals surface area contributed by atoms with Crippen LogP contribution in [0.2, 0.25) is 0 Å². The molecule has 2 aliphatic rings. The first-order chi connectivity index (χ1) is 21.0. The first-order valence-corrected chi connectivity index (χ1v) is 16.0. The molecule has 0 bridgehead atoms. The van der Waals surface area contributed by atoms with Crippen molar-refractivity contribution in [1.82, 2.24) is 28.7 Å². The van der Waals surface area contributed by atoms with Crippen LogP contribution in [0, 0.1) is 11.8 Å². The largest absolute Gasteiger partial charge is 0.466 e. The van der Waals surface area contributed by atoms with Gasteiger partial charge in [-0.05, 0) is 50.0 Å². The number of nitrogens with zero attached hydrogens (tertiary/aromatic N) is 5. The fourth-order valence-electron chi connectivity index (χ4n) is 6.97. The van der Waals surface area contributed by atoms with Gasteiger partial charge in [-0.3, -0.25) is 18.7 Å². The number of carbonyl (C=O) groups is 1. The van der Waals surface area contributed by atoms with Crippen molar-refractivity contribution in [1.29, 1.82) is 0 Å². The van der Waals surface area contributed by atoms with Crippen LogP contribution in [0.25, 0.3) is 22.6 Å². The second-order valence-corrected chi connectivity index (χ2v) is 12.3. The molecule has 1 aromatic carbocycles. The van der Waals surface area contributed by atoms with E-state index in [0.29, 0.717) is 48.5 Å². The lowest BCUT2D eigenvalue weighted by Crippen LogP contribution is -2.42. The predicted octanol–water partition coefficient (Wildman–Crippen LogP) is 5.45. The molecule has 0 saturated heterocycles. The van der Waals surface area contributed by atoms with E-state index in [4.69, 9.17) is 9.72 Å². The smallest absolute Gasteiger partial charge is 0.332 e. The quantitative estimate of drug-likeness (QED) is 0.247. The zero-order valence-electron chi connectivity index (χ0n) is 25.0. The van der Waals surface area contributed by atoms with Gasteiger partial charge in [0.05, 0.1) is 25.4 Å². The van der Waals surface area contributed by atoms with E-state index in [9.17, 15) is 14.4 Å². The van der Waals surface area contributed by atoms with Crippen molar-refractivity contribution in [2.45, 2.75) is 96.7 Å². The summed E-state index contributed by atoms with van der Waals surface area (Å²) in [4.78, 5) is 52.3. The molecule has 0 amide bonds. The van der Waals surface area contributed by atoms with Gasteiger partial charge in [0.15, 0.2) is 5.65 Å². The van der Waals surface area contributed by atoms with Gasteiger partial charge in [0, 0.05) is 31.0 Å². The first-order valence-electron chi connectivity index (χ1n) is 16.0. The summed E-state index contributed by atoms with van der Waals surface area (Å²) >= 11 is 0. The first kappa shape index (κ1) is 29.1. The Hall–Kier alpha value is -3.95. The van der Waals surface area contributed by atoms with Crippen LogP contribution < -0.4 is 11.2 Å². The summed E-state index contributed by atoms with van der Waals surface area (Å²) < 4.78 is 10.3. The number of hydrogen-bond acceptors (Lipinski definition) is 6. The van der Waals surface area contributed by atoms with Crippen LogP contribution in [0.5, 0.6) is 0 Å². The van der Waals surface area contributed by atoms with E-state index < -0.39 is 0 Å². The Morgan fingerprint density at radius 1 is 0.953 bits per heavy atom. The maximum Gasteiger partial charge on any atom is 0.332 e. The molecule has 0 aliphatic heterocycles. The molecular formula is C33H42N6O4. The van der Waals surface area contributed by atoms with Crippen LogP contribution in [0.4, 0.5) is 0 Å². The number of aromatic amines is 1. The van der Waals surface area contributed by atoms with E-state index in [1.807, 2.05) is 35.0 Å². The lowest BCUT2D eigenvalue weighted by atomic mass is 9.89. The van der Waals surface area contributed by atoms with Gasteiger partial charge in [0.25, 0.3) is 5.56 Å². The van der Waals surface area contributed by atoms with Gasteiger partial charge in [-0.2, -0.15) is 0 Å². The van der Waals surface area contributed by atoms with E-state index in [0.717, 1.165) is 49.7 Å². The van der Waals surface area contributed by atoms with Crippen LogP contribution >= 0.6 is 0 Å². The minimum absolute atomic E-state index is 0.183. The van der Waals surface area contributed by atoms with Crippen LogP contribution in [-0.2, 0) is 22.6 Å². The molecule has 2 fully saturated rings. The van der Waals surface area contributed by atoms with Crippen LogP contribution in [-0.4, -0.2) is 41.2 Å². The van der Waals surface area contributed by atoms with Crippen LogP contribution in [0.1, 0.15) is 89.2 Å². The zero-order chi connectivity index (χ0) is 29.8. The molecule has 43 heavy (non-hydrogen) atoms. The molecule has 2 saturated carbocycles. The topological polar surface area (TPSA) is 117 Å². The Balaban J connectivity index is 1.36. The maximum atomic E-state index is 13.9. The van der Waals surface area contributed by atoms with Crippen molar-refractivity contribution in [2.24, 2.45) is 11.8 Å². The highest BCUT2D eigenvalue weighted by molar-refractivity contribution is 5.75. The lowest BCUT2D eigenvalue weighted by Gasteiger charge is -2.24. The van der Waals surface area contributed by atoms with Crippen LogP contribution in [0.3, 0.4) is 0 Å². The minimum atomic E-state index is -0.282. The van der Waals surface area contributed by atoms with E-state index in [1.165, 1.54) is 30.3 Å². The molecule has 10 heteroatoms. The predicted molar refractivity (Wildman–Crippen MR) is 165 cm³/mol. The highest BCUT2D eigenvalue weighted by Gasteiger charge is 2.24. The number of aromatic nitrogens is 6. The van der Waals surface area contributed by atoms with E-state index in [2.05, 4.69) is 9.97 Å². The average molecular weight is 587 g/mol. The third kappa shape index (κ3) is 6.38. The van der Waals surface area contributed by atoms with Crippen LogP contribution in [0.15, 0.2) is 52.6 Å². The zero-order valence-corrected chi connectivity index (χ0v) is 25.0. The molecule has 4 aromatic rings. The van der Waals surface area contributed by atoms with Gasteiger partial charge >= 0.3 is 11.7 Å². The van der Waals surface area contributed by atoms with E-state index in [1.54, 1.807) is 24.0 Å². The summed E-state index contributed by atoms with van der Waals surface area (Å²) in [5.74, 6) is 1.04. The van der Waals surface area contributed by atoms with Crippen molar-refractivity contribution in [3.05, 3.63) is 69.4 Å². The summed E-state index contributed by atoms with van der Waals surface area (Å²) in [6.45, 7) is 3.18. The summed E-state index contributed by atoms with van der Waals surface area (Å²) in [5, 5.41) is 0. The molecule has 10 nitrogen and oxygen atoms in total.